The number of ether oxygens (including phenoxy) is 2. The van der Waals surface area contributed by atoms with Crippen molar-refractivity contribution < 1.29 is 23.9 Å². The van der Waals surface area contributed by atoms with Gasteiger partial charge in [0.15, 0.2) is 19.0 Å². The Hall–Kier alpha value is -3.15. The molecule has 0 radical (unpaired) electrons. The van der Waals surface area contributed by atoms with Crippen LogP contribution >= 0.6 is 0 Å². The molecule has 1 heterocycles. The van der Waals surface area contributed by atoms with Crippen LogP contribution in [0.5, 0.6) is 5.75 Å². The predicted octanol–water partition coefficient (Wildman–Crippen LogP) is 4.05. The highest BCUT2D eigenvalue weighted by molar-refractivity contribution is 5.99. The lowest BCUT2D eigenvalue weighted by atomic mass is 9.98. The Bertz CT molecular complexity index is 933. The van der Waals surface area contributed by atoms with Crippen molar-refractivity contribution in [2.24, 2.45) is 0 Å². The summed E-state index contributed by atoms with van der Waals surface area (Å²) in [5, 5.41) is 0. The van der Waals surface area contributed by atoms with E-state index in [2.05, 4.69) is 13.8 Å². The van der Waals surface area contributed by atoms with Crippen LogP contribution in [0.25, 0.3) is 0 Å². The van der Waals surface area contributed by atoms with Crippen molar-refractivity contribution >= 4 is 23.3 Å². The van der Waals surface area contributed by atoms with E-state index in [0.717, 1.165) is 17.7 Å². The summed E-state index contributed by atoms with van der Waals surface area (Å²) in [5.74, 6) is 0.192. The van der Waals surface area contributed by atoms with Crippen LogP contribution < -0.4 is 9.64 Å². The van der Waals surface area contributed by atoms with E-state index in [1.807, 2.05) is 25.1 Å². The van der Waals surface area contributed by atoms with Crippen molar-refractivity contribution in [3.05, 3.63) is 59.2 Å². The highest BCUT2D eigenvalue weighted by Crippen LogP contribution is 2.24. The van der Waals surface area contributed by atoms with Crippen molar-refractivity contribution in [1.82, 2.24) is 0 Å². The number of carbonyl (C=O) groups excluding carboxylic acids is 3. The van der Waals surface area contributed by atoms with Gasteiger partial charge < -0.3 is 14.4 Å². The molecule has 0 N–H and O–H groups in total. The van der Waals surface area contributed by atoms with E-state index in [4.69, 9.17) is 9.47 Å². The van der Waals surface area contributed by atoms with Gasteiger partial charge in [-0.05, 0) is 66.8 Å². The topological polar surface area (TPSA) is 72.9 Å². The molecule has 3 rings (SSSR count). The fourth-order valence-corrected chi connectivity index (χ4v) is 3.55. The van der Waals surface area contributed by atoms with E-state index in [9.17, 15) is 14.4 Å². The summed E-state index contributed by atoms with van der Waals surface area (Å²) in [5.41, 5.74) is 3.54. The molecule has 0 saturated carbocycles. The van der Waals surface area contributed by atoms with Crippen molar-refractivity contribution in [3.8, 4) is 5.75 Å². The van der Waals surface area contributed by atoms with Crippen LogP contribution in [0.4, 0.5) is 5.69 Å². The Morgan fingerprint density at radius 2 is 1.80 bits per heavy atom. The minimum atomic E-state index is -0.603. The molecule has 1 fully saturated rings. The second-order valence-electron chi connectivity index (χ2n) is 7.74. The van der Waals surface area contributed by atoms with Gasteiger partial charge in [-0.2, -0.15) is 0 Å². The zero-order valence-electron chi connectivity index (χ0n) is 17.6. The molecule has 1 saturated heterocycles. The maximum absolute atomic E-state index is 12.3. The van der Waals surface area contributed by atoms with Gasteiger partial charge in [-0.3, -0.25) is 9.59 Å². The smallest absolute Gasteiger partial charge is 0.344 e. The number of ketones is 1. The van der Waals surface area contributed by atoms with E-state index < -0.39 is 5.97 Å². The van der Waals surface area contributed by atoms with E-state index in [1.54, 1.807) is 29.2 Å². The number of esters is 1. The zero-order valence-corrected chi connectivity index (χ0v) is 17.6. The summed E-state index contributed by atoms with van der Waals surface area (Å²) >= 11 is 0. The first-order valence-corrected chi connectivity index (χ1v) is 10.2. The Morgan fingerprint density at radius 3 is 2.40 bits per heavy atom. The molecule has 1 aliphatic heterocycles. The average molecular weight is 409 g/mol. The third kappa shape index (κ3) is 5.26. The first-order chi connectivity index (χ1) is 14.3. The normalized spacial score (nSPS) is 13.6. The molecule has 1 amide bonds. The van der Waals surface area contributed by atoms with Crippen LogP contribution in [0, 0.1) is 6.92 Å². The highest BCUT2D eigenvalue weighted by Gasteiger charge is 2.21. The summed E-state index contributed by atoms with van der Waals surface area (Å²) in [6.07, 6.45) is 1.40. The molecule has 0 spiro atoms. The van der Waals surface area contributed by atoms with Gasteiger partial charge in [0.1, 0.15) is 5.75 Å². The van der Waals surface area contributed by atoms with Crippen LogP contribution in [0.1, 0.15) is 54.1 Å². The standard InChI is InChI=1S/C24H27NO5/c1-16(2)21-11-10-20(13-17(21)3)29-15-24(28)30-14-22(26)18-6-8-19(9-7-18)25-12-4-5-23(25)27/h6-11,13,16H,4-5,12,14-15H2,1-3H3. The van der Waals surface area contributed by atoms with E-state index in [0.29, 0.717) is 30.2 Å². The molecule has 2 aromatic carbocycles. The number of carbonyl (C=O) groups is 3. The summed E-state index contributed by atoms with van der Waals surface area (Å²) in [7, 11) is 0. The van der Waals surface area contributed by atoms with Crippen LogP contribution in [-0.4, -0.2) is 37.4 Å². The second kappa shape index (κ2) is 9.57. The predicted molar refractivity (Wildman–Crippen MR) is 114 cm³/mol. The molecular weight excluding hydrogens is 382 g/mol. The van der Waals surface area contributed by atoms with Gasteiger partial charge in [0, 0.05) is 24.2 Å². The largest absolute Gasteiger partial charge is 0.482 e. The monoisotopic (exact) mass is 409 g/mol. The van der Waals surface area contributed by atoms with E-state index >= 15 is 0 Å². The lowest BCUT2D eigenvalue weighted by molar-refractivity contribution is -0.144. The van der Waals surface area contributed by atoms with Crippen LogP contribution in [0.2, 0.25) is 0 Å². The molecule has 6 nitrogen and oxygen atoms in total. The zero-order chi connectivity index (χ0) is 21.7. The molecule has 0 aromatic heterocycles. The molecule has 158 valence electrons. The molecule has 0 atom stereocenters. The Kier molecular flexibility index (Phi) is 6.87. The van der Waals surface area contributed by atoms with E-state index in [-0.39, 0.29) is 24.9 Å². The molecule has 1 aliphatic rings. The highest BCUT2D eigenvalue weighted by atomic mass is 16.6. The Morgan fingerprint density at radius 1 is 1.07 bits per heavy atom. The number of rotatable bonds is 8. The number of nitrogens with zero attached hydrogens (tertiary/aromatic N) is 1. The van der Waals surface area contributed by atoms with Gasteiger partial charge in [-0.15, -0.1) is 0 Å². The van der Waals surface area contributed by atoms with Gasteiger partial charge in [0.2, 0.25) is 5.91 Å². The van der Waals surface area contributed by atoms with Crippen LogP contribution in [0.3, 0.4) is 0 Å². The molecule has 30 heavy (non-hydrogen) atoms. The third-order valence-electron chi connectivity index (χ3n) is 5.16. The molecule has 0 bridgehead atoms. The summed E-state index contributed by atoms with van der Waals surface area (Å²) in [6.45, 7) is 6.33. The number of Topliss-reactive ketones (excluding diaryl/α,β-unsaturated/α-hetero) is 1. The molecular formula is C24H27NO5. The van der Waals surface area contributed by atoms with Gasteiger partial charge >= 0.3 is 5.97 Å². The van der Waals surface area contributed by atoms with Crippen molar-refractivity contribution in [2.45, 2.75) is 39.5 Å². The number of hydrogen-bond donors (Lipinski definition) is 0. The van der Waals surface area contributed by atoms with E-state index in [1.165, 1.54) is 5.56 Å². The minimum Gasteiger partial charge on any atom is -0.482 e. The fourth-order valence-electron chi connectivity index (χ4n) is 3.55. The number of hydrogen-bond acceptors (Lipinski definition) is 5. The third-order valence-corrected chi connectivity index (χ3v) is 5.16. The maximum Gasteiger partial charge on any atom is 0.344 e. The molecule has 2 aromatic rings. The maximum atomic E-state index is 12.3. The quantitative estimate of drug-likeness (QED) is 0.486. The summed E-state index contributed by atoms with van der Waals surface area (Å²) in [6, 6.07) is 12.5. The summed E-state index contributed by atoms with van der Waals surface area (Å²) in [4.78, 5) is 37.7. The van der Waals surface area contributed by atoms with Crippen molar-refractivity contribution in [2.75, 3.05) is 24.7 Å². The van der Waals surface area contributed by atoms with Gasteiger partial charge in [-0.25, -0.2) is 4.79 Å². The minimum absolute atomic E-state index is 0.0945. The number of amides is 1. The molecule has 0 aliphatic carbocycles. The number of anilines is 1. The van der Waals surface area contributed by atoms with Crippen LogP contribution in [0.15, 0.2) is 42.5 Å². The lowest BCUT2D eigenvalue weighted by Crippen LogP contribution is -2.23. The van der Waals surface area contributed by atoms with Gasteiger partial charge in [0.05, 0.1) is 0 Å². The van der Waals surface area contributed by atoms with Crippen molar-refractivity contribution in [1.29, 1.82) is 0 Å². The Labute approximate surface area is 176 Å². The number of benzene rings is 2. The van der Waals surface area contributed by atoms with Crippen LogP contribution in [-0.2, 0) is 14.3 Å². The second-order valence-corrected chi connectivity index (χ2v) is 7.74. The SMILES string of the molecule is Cc1cc(OCC(=O)OCC(=O)c2ccc(N3CCCC3=O)cc2)ccc1C(C)C. The number of aryl methyl sites for hydroxylation is 1. The lowest BCUT2D eigenvalue weighted by Gasteiger charge is -2.15. The van der Waals surface area contributed by atoms with Crippen molar-refractivity contribution in [3.63, 3.8) is 0 Å². The first kappa shape index (κ1) is 21.6. The fraction of sp³-hybridized carbons (Fsp3) is 0.375. The first-order valence-electron chi connectivity index (χ1n) is 10.2. The average Bonchev–Trinajstić information content (AvgIpc) is 3.16. The summed E-state index contributed by atoms with van der Waals surface area (Å²) < 4.78 is 10.5. The molecule has 0 unspecified atom stereocenters. The van der Waals surface area contributed by atoms with Gasteiger partial charge in [-0.1, -0.05) is 19.9 Å². The van der Waals surface area contributed by atoms with Gasteiger partial charge in [0.25, 0.3) is 0 Å². The molecule has 6 heteroatoms. The Balaban J connectivity index is 1.47.